The van der Waals surface area contributed by atoms with E-state index < -0.39 is 6.04 Å². The van der Waals surface area contributed by atoms with Crippen molar-refractivity contribution in [2.75, 3.05) is 7.05 Å². The van der Waals surface area contributed by atoms with Crippen LogP contribution in [-0.4, -0.2) is 29.8 Å². The highest BCUT2D eigenvalue weighted by atomic mass is 35.5. The van der Waals surface area contributed by atoms with Crippen molar-refractivity contribution in [1.29, 1.82) is 0 Å². The van der Waals surface area contributed by atoms with E-state index in [1.54, 1.807) is 18.0 Å². The second kappa shape index (κ2) is 7.29. The van der Waals surface area contributed by atoms with Gasteiger partial charge in [-0.1, -0.05) is 43.6 Å². The molecule has 0 bridgehead atoms. The molecule has 20 heavy (non-hydrogen) atoms. The van der Waals surface area contributed by atoms with E-state index >= 15 is 0 Å². The van der Waals surface area contributed by atoms with Crippen LogP contribution in [0.2, 0.25) is 5.02 Å². The Bertz CT molecular complexity index is 489. The number of carbonyl (C=O) groups excluding carboxylic acids is 2. The lowest BCUT2D eigenvalue weighted by molar-refractivity contribution is -0.136. The monoisotopic (exact) mass is 296 g/mol. The Morgan fingerprint density at radius 1 is 1.30 bits per heavy atom. The summed E-state index contributed by atoms with van der Waals surface area (Å²) in [6, 6.07) is 6.90. The topological polar surface area (TPSA) is 49.4 Å². The van der Waals surface area contributed by atoms with Gasteiger partial charge in [-0.05, 0) is 17.5 Å². The van der Waals surface area contributed by atoms with Crippen LogP contribution in [0.1, 0.15) is 26.3 Å². The third kappa shape index (κ3) is 4.53. The molecule has 0 saturated heterocycles. The Balaban J connectivity index is 2.79. The minimum absolute atomic E-state index is 0.0279. The molecular formula is C15H21ClN2O2. The molecule has 0 aromatic heterocycles. The van der Waals surface area contributed by atoms with Gasteiger partial charge < -0.3 is 10.2 Å². The molecule has 0 aliphatic carbocycles. The van der Waals surface area contributed by atoms with Gasteiger partial charge in [0.15, 0.2) is 0 Å². The molecule has 0 fully saturated rings. The summed E-state index contributed by atoms with van der Waals surface area (Å²) in [6.45, 7) is 5.64. The van der Waals surface area contributed by atoms with Gasteiger partial charge in [0.2, 0.25) is 11.8 Å². The maximum Gasteiger partial charge on any atom is 0.245 e. The second-order valence-electron chi connectivity index (χ2n) is 5.21. The van der Waals surface area contributed by atoms with Gasteiger partial charge in [0.25, 0.3) is 0 Å². The average molecular weight is 297 g/mol. The van der Waals surface area contributed by atoms with E-state index in [4.69, 9.17) is 11.6 Å². The van der Waals surface area contributed by atoms with Gasteiger partial charge in [-0.25, -0.2) is 0 Å². The Morgan fingerprint density at radius 2 is 1.90 bits per heavy atom. The Morgan fingerprint density at radius 3 is 2.40 bits per heavy atom. The van der Waals surface area contributed by atoms with Crippen LogP contribution in [0.15, 0.2) is 24.3 Å². The molecular weight excluding hydrogens is 276 g/mol. The molecule has 5 heteroatoms. The number of amides is 2. The Kier molecular flexibility index (Phi) is 6.02. The number of hydrogen-bond acceptors (Lipinski definition) is 2. The number of benzene rings is 1. The van der Waals surface area contributed by atoms with Crippen LogP contribution >= 0.6 is 11.6 Å². The first-order valence-electron chi connectivity index (χ1n) is 6.58. The molecule has 0 radical (unpaired) electrons. The molecule has 0 saturated carbocycles. The van der Waals surface area contributed by atoms with Crippen molar-refractivity contribution >= 4 is 23.4 Å². The van der Waals surface area contributed by atoms with E-state index in [0.717, 1.165) is 5.56 Å². The zero-order valence-corrected chi connectivity index (χ0v) is 13.1. The maximum absolute atomic E-state index is 12.4. The van der Waals surface area contributed by atoms with Gasteiger partial charge in [0.05, 0.1) is 0 Å². The van der Waals surface area contributed by atoms with Crippen LogP contribution in [-0.2, 0) is 16.1 Å². The normalized spacial score (nSPS) is 12.1. The zero-order chi connectivity index (χ0) is 15.3. The smallest absolute Gasteiger partial charge is 0.245 e. The summed E-state index contributed by atoms with van der Waals surface area (Å²) in [5.41, 5.74) is 0.885. The average Bonchev–Trinajstić information content (AvgIpc) is 2.37. The van der Waals surface area contributed by atoms with Crippen molar-refractivity contribution in [2.24, 2.45) is 5.92 Å². The maximum atomic E-state index is 12.4. The third-order valence-corrected chi connectivity index (χ3v) is 3.40. The number of rotatable bonds is 5. The van der Waals surface area contributed by atoms with Gasteiger partial charge >= 0.3 is 0 Å². The van der Waals surface area contributed by atoms with E-state index in [9.17, 15) is 9.59 Å². The molecule has 1 aromatic carbocycles. The second-order valence-corrected chi connectivity index (χ2v) is 5.62. The van der Waals surface area contributed by atoms with Crippen molar-refractivity contribution < 1.29 is 9.59 Å². The molecule has 0 spiro atoms. The largest absolute Gasteiger partial charge is 0.344 e. The summed E-state index contributed by atoms with van der Waals surface area (Å²) in [5.74, 6) is -0.293. The highest BCUT2D eigenvalue weighted by molar-refractivity contribution is 6.31. The Hall–Kier alpha value is -1.55. The van der Waals surface area contributed by atoms with Crippen LogP contribution < -0.4 is 5.32 Å². The van der Waals surface area contributed by atoms with Crippen molar-refractivity contribution in [3.8, 4) is 0 Å². The molecule has 4 nitrogen and oxygen atoms in total. The lowest BCUT2D eigenvalue weighted by atomic mass is 10.0. The quantitative estimate of drug-likeness (QED) is 0.907. The van der Waals surface area contributed by atoms with Crippen LogP contribution in [0.4, 0.5) is 0 Å². The molecule has 1 unspecified atom stereocenters. The highest BCUT2D eigenvalue weighted by Crippen LogP contribution is 2.17. The fourth-order valence-corrected chi connectivity index (χ4v) is 2.13. The highest BCUT2D eigenvalue weighted by Gasteiger charge is 2.26. The molecule has 110 valence electrons. The molecule has 1 atom stereocenters. The number of likely N-dealkylation sites (N-methyl/N-ethyl adjacent to an activating group) is 1. The predicted molar refractivity (Wildman–Crippen MR) is 80.4 cm³/mol. The van der Waals surface area contributed by atoms with Gasteiger partial charge in [-0.3, -0.25) is 9.59 Å². The molecule has 1 N–H and O–H groups in total. The standard InChI is InChI=1S/C15H21ClN2O2/c1-10(2)14(17-11(3)19)15(20)18(4)9-12-7-5-6-8-13(12)16/h5-8,10,14H,9H2,1-4H3,(H,17,19). The minimum atomic E-state index is -0.514. The van der Waals surface area contributed by atoms with Gasteiger partial charge in [-0.2, -0.15) is 0 Å². The summed E-state index contributed by atoms with van der Waals surface area (Å²) in [4.78, 5) is 25.2. The number of nitrogens with zero attached hydrogens (tertiary/aromatic N) is 1. The molecule has 0 aliphatic rings. The first-order valence-corrected chi connectivity index (χ1v) is 6.96. The number of halogens is 1. The van der Waals surface area contributed by atoms with E-state index in [2.05, 4.69) is 5.32 Å². The van der Waals surface area contributed by atoms with Crippen LogP contribution in [0.5, 0.6) is 0 Å². The third-order valence-electron chi connectivity index (χ3n) is 3.03. The van der Waals surface area contributed by atoms with E-state index in [-0.39, 0.29) is 17.7 Å². The summed E-state index contributed by atoms with van der Waals surface area (Å²) >= 11 is 6.09. The van der Waals surface area contributed by atoms with Crippen molar-refractivity contribution in [2.45, 2.75) is 33.4 Å². The molecule has 0 aliphatic heterocycles. The van der Waals surface area contributed by atoms with Gasteiger partial charge in [0.1, 0.15) is 6.04 Å². The SMILES string of the molecule is CC(=O)NC(C(=O)N(C)Cc1ccccc1Cl)C(C)C. The molecule has 1 rings (SSSR count). The first-order chi connectivity index (χ1) is 9.32. The van der Waals surface area contributed by atoms with Crippen molar-refractivity contribution in [3.63, 3.8) is 0 Å². The lowest BCUT2D eigenvalue weighted by Crippen LogP contribution is -2.49. The van der Waals surface area contributed by atoms with Gasteiger partial charge in [-0.15, -0.1) is 0 Å². The van der Waals surface area contributed by atoms with E-state index in [1.807, 2.05) is 32.0 Å². The van der Waals surface area contributed by atoms with Crippen molar-refractivity contribution in [1.82, 2.24) is 10.2 Å². The summed E-state index contributed by atoms with van der Waals surface area (Å²) in [5, 5.41) is 3.33. The van der Waals surface area contributed by atoms with Crippen LogP contribution in [0.25, 0.3) is 0 Å². The number of hydrogen-bond donors (Lipinski definition) is 1. The first kappa shape index (κ1) is 16.5. The summed E-state index contributed by atoms with van der Waals surface area (Å²) in [6.07, 6.45) is 0. The van der Waals surface area contributed by atoms with Crippen LogP contribution in [0, 0.1) is 5.92 Å². The van der Waals surface area contributed by atoms with E-state index in [0.29, 0.717) is 11.6 Å². The molecule has 2 amide bonds. The molecule has 0 heterocycles. The lowest BCUT2D eigenvalue weighted by Gasteiger charge is -2.27. The zero-order valence-electron chi connectivity index (χ0n) is 12.3. The fraction of sp³-hybridized carbons (Fsp3) is 0.467. The van der Waals surface area contributed by atoms with E-state index in [1.165, 1.54) is 6.92 Å². The van der Waals surface area contributed by atoms with Crippen LogP contribution in [0.3, 0.4) is 0 Å². The Labute approximate surface area is 125 Å². The number of nitrogens with one attached hydrogen (secondary N) is 1. The fourth-order valence-electron chi connectivity index (χ4n) is 1.93. The van der Waals surface area contributed by atoms with Gasteiger partial charge in [0, 0.05) is 25.5 Å². The number of carbonyl (C=O) groups is 2. The minimum Gasteiger partial charge on any atom is -0.344 e. The summed E-state index contributed by atoms with van der Waals surface area (Å²) in [7, 11) is 1.71. The summed E-state index contributed by atoms with van der Waals surface area (Å²) < 4.78 is 0. The van der Waals surface area contributed by atoms with Crippen molar-refractivity contribution in [3.05, 3.63) is 34.9 Å². The predicted octanol–water partition coefficient (Wildman–Crippen LogP) is 2.46. The molecule has 1 aromatic rings.